The van der Waals surface area contributed by atoms with Crippen LogP contribution >= 0.6 is 11.6 Å². The van der Waals surface area contributed by atoms with E-state index >= 15 is 0 Å². The van der Waals surface area contributed by atoms with Gasteiger partial charge in [0.1, 0.15) is 0 Å². The summed E-state index contributed by atoms with van der Waals surface area (Å²) in [6, 6.07) is 1.72. The molecule has 0 spiro atoms. The second-order valence-electron chi connectivity index (χ2n) is 3.69. The summed E-state index contributed by atoms with van der Waals surface area (Å²) in [5.74, 6) is 1.13. The summed E-state index contributed by atoms with van der Waals surface area (Å²) in [6.07, 6.45) is 4.04. The first-order chi connectivity index (χ1) is 7.34. The molecule has 0 saturated carbocycles. The second-order valence-corrected chi connectivity index (χ2v) is 4.03. The summed E-state index contributed by atoms with van der Waals surface area (Å²) in [7, 11) is 0. The lowest BCUT2D eigenvalue weighted by Crippen LogP contribution is -2.33. The number of halogens is 1. The van der Waals surface area contributed by atoms with E-state index in [1.165, 1.54) is 12.8 Å². The van der Waals surface area contributed by atoms with E-state index in [0.717, 1.165) is 13.1 Å². The number of aromatic nitrogens is 2. The van der Waals surface area contributed by atoms with Crippen molar-refractivity contribution >= 4 is 11.6 Å². The van der Waals surface area contributed by atoms with Crippen LogP contribution in [-0.2, 0) is 0 Å². The van der Waals surface area contributed by atoms with Crippen LogP contribution in [0.25, 0.3) is 0 Å². The molecule has 1 aromatic rings. The van der Waals surface area contributed by atoms with E-state index < -0.39 is 0 Å². The van der Waals surface area contributed by atoms with E-state index in [1.54, 1.807) is 12.3 Å². The lowest BCUT2D eigenvalue weighted by atomic mass is 10.0. The number of hydrogen-bond donors (Lipinski definition) is 1. The normalized spacial score (nSPS) is 21.3. The van der Waals surface area contributed by atoms with E-state index in [1.807, 2.05) is 0 Å². The summed E-state index contributed by atoms with van der Waals surface area (Å²) in [4.78, 5) is 7.77. The number of nitrogens with zero attached hydrogens (tertiary/aromatic N) is 2. The third kappa shape index (κ3) is 3.32. The minimum Gasteiger partial charge on any atom is -0.477 e. The molecule has 2 rings (SSSR count). The van der Waals surface area contributed by atoms with Crippen molar-refractivity contribution in [3.63, 3.8) is 0 Å². The Bertz CT molecular complexity index is 315. The van der Waals surface area contributed by atoms with Crippen LogP contribution < -0.4 is 10.1 Å². The average Bonchev–Trinajstić information content (AvgIpc) is 2.28. The second kappa shape index (κ2) is 5.28. The molecule has 4 nitrogen and oxygen atoms in total. The predicted octanol–water partition coefficient (Wildman–Crippen LogP) is 1.51. The molecule has 0 aromatic carbocycles. The van der Waals surface area contributed by atoms with Gasteiger partial charge in [0.05, 0.1) is 6.61 Å². The van der Waals surface area contributed by atoms with Crippen molar-refractivity contribution in [2.24, 2.45) is 5.92 Å². The van der Waals surface area contributed by atoms with Gasteiger partial charge in [-0.25, -0.2) is 4.98 Å². The molecule has 1 aliphatic rings. The van der Waals surface area contributed by atoms with Crippen molar-refractivity contribution in [3.05, 3.63) is 17.5 Å². The summed E-state index contributed by atoms with van der Waals surface area (Å²) >= 11 is 5.65. The van der Waals surface area contributed by atoms with E-state index in [4.69, 9.17) is 16.3 Å². The first-order valence-electron chi connectivity index (χ1n) is 5.16. The van der Waals surface area contributed by atoms with Gasteiger partial charge in [0.2, 0.25) is 11.2 Å². The standard InChI is InChI=1S/C10H14ClN3O/c11-10-13-5-3-9(14-10)15-7-8-2-1-4-12-6-8/h3,5,8,12H,1-2,4,6-7H2. The minimum absolute atomic E-state index is 0.231. The van der Waals surface area contributed by atoms with Gasteiger partial charge in [0.25, 0.3) is 0 Å². The predicted molar refractivity (Wildman–Crippen MR) is 58.1 cm³/mol. The molecule has 1 unspecified atom stereocenters. The van der Waals surface area contributed by atoms with Gasteiger partial charge in [0, 0.05) is 24.7 Å². The Labute approximate surface area is 94.0 Å². The molecule has 2 heterocycles. The molecule has 15 heavy (non-hydrogen) atoms. The molecule has 5 heteroatoms. The highest BCUT2D eigenvalue weighted by Gasteiger charge is 2.13. The van der Waals surface area contributed by atoms with Crippen molar-refractivity contribution in [1.82, 2.24) is 15.3 Å². The van der Waals surface area contributed by atoms with Crippen LogP contribution in [0.5, 0.6) is 5.88 Å². The molecule has 1 atom stereocenters. The first kappa shape index (κ1) is 10.6. The van der Waals surface area contributed by atoms with Crippen LogP contribution in [0.3, 0.4) is 0 Å². The molecule has 0 amide bonds. The number of piperidine rings is 1. The smallest absolute Gasteiger partial charge is 0.225 e. The fourth-order valence-corrected chi connectivity index (χ4v) is 1.81. The third-order valence-corrected chi connectivity index (χ3v) is 2.65. The molecule has 1 aliphatic heterocycles. The van der Waals surface area contributed by atoms with Crippen LogP contribution in [0, 0.1) is 5.92 Å². The zero-order valence-corrected chi connectivity index (χ0v) is 9.20. The summed E-state index contributed by atoms with van der Waals surface area (Å²) in [5, 5.41) is 3.57. The van der Waals surface area contributed by atoms with Crippen molar-refractivity contribution in [1.29, 1.82) is 0 Å². The van der Waals surface area contributed by atoms with Gasteiger partial charge in [-0.3, -0.25) is 0 Å². The number of hydrogen-bond acceptors (Lipinski definition) is 4. The number of rotatable bonds is 3. The van der Waals surface area contributed by atoms with Crippen molar-refractivity contribution in [2.75, 3.05) is 19.7 Å². The quantitative estimate of drug-likeness (QED) is 0.796. The Morgan fingerprint density at radius 3 is 3.27 bits per heavy atom. The molecule has 0 radical (unpaired) electrons. The fraction of sp³-hybridized carbons (Fsp3) is 0.600. The Morgan fingerprint density at radius 2 is 2.53 bits per heavy atom. The van der Waals surface area contributed by atoms with Gasteiger partial charge >= 0.3 is 0 Å². The number of nitrogens with one attached hydrogen (secondary N) is 1. The highest BCUT2D eigenvalue weighted by atomic mass is 35.5. The summed E-state index contributed by atoms with van der Waals surface area (Å²) in [6.45, 7) is 2.84. The summed E-state index contributed by atoms with van der Waals surface area (Å²) < 4.78 is 5.55. The molecule has 1 aromatic heterocycles. The van der Waals surface area contributed by atoms with Crippen LogP contribution in [0.15, 0.2) is 12.3 Å². The van der Waals surface area contributed by atoms with E-state index in [0.29, 0.717) is 18.4 Å². The highest BCUT2D eigenvalue weighted by Crippen LogP contribution is 2.13. The van der Waals surface area contributed by atoms with Crippen molar-refractivity contribution in [3.8, 4) is 5.88 Å². The van der Waals surface area contributed by atoms with Gasteiger partial charge in [-0.15, -0.1) is 0 Å². The number of ether oxygens (including phenoxy) is 1. The van der Waals surface area contributed by atoms with E-state index in [-0.39, 0.29) is 5.28 Å². The Kier molecular flexibility index (Phi) is 3.75. The van der Waals surface area contributed by atoms with Gasteiger partial charge in [-0.05, 0) is 31.0 Å². The Balaban J connectivity index is 1.81. The van der Waals surface area contributed by atoms with Crippen LogP contribution in [0.1, 0.15) is 12.8 Å². The van der Waals surface area contributed by atoms with Crippen LogP contribution in [0.2, 0.25) is 5.28 Å². The molecule has 1 saturated heterocycles. The molecule has 82 valence electrons. The lowest BCUT2D eigenvalue weighted by Gasteiger charge is -2.22. The SMILES string of the molecule is Clc1nccc(OCC2CCCNC2)n1. The van der Waals surface area contributed by atoms with E-state index in [2.05, 4.69) is 15.3 Å². The van der Waals surface area contributed by atoms with E-state index in [9.17, 15) is 0 Å². The van der Waals surface area contributed by atoms with Crippen molar-refractivity contribution in [2.45, 2.75) is 12.8 Å². The highest BCUT2D eigenvalue weighted by molar-refractivity contribution is 6.28. The molecule has 0 aliphatic carbocycles. The maximum Gasteiger partial charge on any atom is 0.225 e. The zero-order chi connectivity index (χ0) is 10.5. The van der Waals surface area contributed by atoms with Gasteiger partial charge in [-0.1, -0.05) is 0 Å². The van der Waals surface area contributed by atoms with Crippen LogP contribution in [-0.4, -0.2) is 29.7 Å². The Morgan fingerprint density at radius 1 is 1.60 bits per heavy atom. The van der Waals surface area contributed by atoms with Crippen molar-refractivity contribution < 1.29 is 4.74 Å². The monoisotopic (exact) mass is 227 g/mol. The third-order valence-electron chi connectivity index (χ3n) is 2.47. The minimum atomic E-state index is 0.231. The average molecular weight is 228 g/mol. The summed E-state index contributed by atoms with van der Waals surface area (Å²) in [5.41, 5.74) is 0. The van der Waals surface area contributed by atoms with Gasteiger partial charge in [0.15, 0.2) is 0 Å². The van der Waals surface area contributed by atoms with Gasteiger partial charge < -0.3 is 10.1 Å². The molecule has 1 fully saturated rings. The van der Waals surface area contributed by atoms with Gasteiger partial charge in [-0.2, -0.15) is 4.98 Å². The topological polar surface area (TPSA) is 47.0 Å². The zero-order valence-electron chi connectivity index (χ0n) is 8.45. The molecular formula is C10H14ClN3O. The molecule has 1 N–H and O–H groups in total. The maximum absolute atomic E-state index is 5.65. The van der Waals surface area contributed by atoms with Crippen LogP contribution in [0.4, 0.5) is 0 Å². The fourth-order valence-electron chi connectivity index (χ4n) is 1.67. The molecular weight excluding hydrogens is 214 g/mol. The molecule has 0 bridgehead atoms. The Hall–Kier alpha value is -0.870. The first-order valence-corrected chi connectivity index (χ1v) is 5.54. The largest absolute Gasteiger partial charge is 0.477 e. The lowest BCUT2D eigenvalue weighted by molar-refractivity contribution is 0.212. The maximum atomic E-state index is 5.65.